The molecule has 1 aliphatic carbocycles. The van der Waals surface area contributed by atoms with Crippen molar-refractivity contribution in [3.05, 3.63) is 27.2 Å². The van der Waals surface area contributed by atoms with Gasteiger partial charge in [-0.1, -0.05) is 15.9 Å². The molecule has 0 heterocycles. The fourth-order valence-electron chi connectivity index (χ4n) is 2.13. The highest BCUT2D eigenvalue weighted by Crippen LogP contribution is 2.36. The van der Waals surface area contributed by atoms with Gasteiger partial charge in [-0.3, -0.25) is 0 Å². The summed E-state index contributed by atoms with van der Waals surface area (Å²) >= 11 is 3.40. The molecule has 0 radical (unpaired) electrons. The summed E-state index contributed by atoms with van der Waals surface area (Å²) in [6.07, 6.45) is 3.04. The number of rotatable bonds is 1. The van der Waals surface area contributed by atoms with Crippen LogP contribution >= 0.6 is 26.6 Å². The van der Waals surface area contributed by atoms with Gasteiger partial charge in [-0.05, 0) is 48.9 Å². The topological polar surface area (TPSA) is 34.1 Å². The largest absolute Gasteiger partial charge is 0.261 e. The Balaban J connectivity index is 2.76. The summed E-state index contributed by atoms with van der Waals surface area (Å²) in [5.41, 5.74) is 3.18. The molecule has 0 unspecified atom stereocenters. The van der Waals surface area contributed by atoms with Crippen LogP contribution in [0.5, 0.6) is 0 Å². The van der Waals surface area contributed by atoms with E-state index in [2.05, 4.69) is 15.9 Å². The maximum atomic E-state index is 11.4. The molecule has 1 aromatic rings. The van der Waals surface area contributed by atoms with Gasteiger partial charge in [0.25, 0.3) is 9.05 Å². The lowest BCUT2D eigenvalue weighted by Gasteiger charge is -2.10. The highest BCUT2D eigenvalue weighted by Gasteiger charge is 2.23. The number of hydrogen-bond donors (Lipinski definition) is 0. The van der Waals surface area contributed by atoms with Gasteiger partial charge in [-0.2, -0.15) is 0 Å². The van der Waals surface area contributed by atoms with Gasteiger partial charge in [0, 0.05) is 15.2 Å². The molecule has 0 saturated heterocycles. The van der Waals surface area contributed by atoms with Crippen LogP contribution in [-0.4, -0.2) is 8.42 Å². The lowest BCUT2D eigenvalue weighted by atomic mass is 10.0. The summed E-state index contributed by atoms with van der Waals surface area (Å²) in [5.74, 6) is 0. The molecular weight excluding hydrogens is 300 g/mol. The average molecular weight is 310 g/mol. The molecule has 0 atom stereocenters. The van der Waals surface area contributed by atoms with Crippen LogP contribution in [0, 0.1) is 6.92 Å². The van der Waals surface area contributed by atoms with Crippen LogP contribution in [0.2, 0.25) is 0 Å². The second kappa shape index (κ2) is 3.75. The van der Waals surface area contributed by atoms with E-state index >= 15 is 0 Å². The van der Waals surface area contributed by atoms with Crippen molar-refractivity contribution in [3.8, 4) is 0 Å². The molecule has 0 aromatic heterocycles. The first kappa shape index (κ1) is 11.4. The van der Waals surface area contributed by atoms with Gasteiger partial charge in [0.1, 0.15) is 0 Å². The van der Waals surface area contributed by atoms with E-state index < -0.39 is 9.05 Å². The quantitative estimate of drug-likeness (QED) is 0.747. The monoisotopic (exact) mass is 308 g/mol. The van der Waals surface area contributed by atoms with Crippen LogP contribution in [-0.2, 0) is 21.9 Å². The zero-order valence-corrected chi connectivity index (χ0v) is 11.3. The van der Waals surface area contributed by atoms with Gasteiger partial charge in [-0.15, -0.1) is 0 Å². The zero-order valence-electron chi connectivity index (χ0n) is 8.18. The summed E-state index contributed by atoms with van der Waals surface area (Å²) < 4.78 is 23.6. The summed E-state index contributed by atoms with van der Waals surface area (Å²) in [5, 5.41) is 0. The molecule has 0 amide bonds. The van der Waals surface area contributed by atoms with E-state index in [1.54, 1.807) is 6.07 Å². The van der Waals surface area contributed by atoms with E-state index in [4.69, 9.17) is 10.7 Å². The van der Waals surface area contributed by atoms with Crippen molar-refractivity contribution >= 4 is 35.7 Å². The third-order valence-corrected chi connectivity index (χ3v) is 5.00. The minimum Gasteiger partial charge on any atom is -0.207 e. The Bertz CT molecular complexity index is 523. The lowest BCUT2D eigenvalue weighted by Crippen LogP contribution is -2.00. The van der Waals surface area contributed by atoms with Crippen molar-refractivity contribution in [2.45, 2.75) is 31.1 Å². The van der Waals surface area contributed by atoms with Crippen molar-refractivity contribution in [3.63, 3.8) is 0 Å². The van der Waals surface area contributed by atoms with Crippen molar-refractivity contribution in [1.29, 1.82) is 0 Å². The average Bonchev–Trinajstić information content (AvgIpc) is 2.58. The molecule has 0 spiro atoms. The second-order valence-corrected chi connectivity index (χ2v) is 7.12. The Labute approximate surface area is 102 Å². The van der Waals surface area contributed by atoms with E-state index in [0.29, 0.717) is 0 Å². The van der Waals surface area contributed by atoms with Crippen LogP contribution in [0.3, 0.4) is 0 Å². The Kier molecular flexibility index (Phi) is 2.86. The second-order valence-electron chi connectivity index (χ2n) is 3.73. The maximum absolute atomic E-state index is 11.4. The van der Waals surface area contributed by atoms with Gasteiger partial charge in [0.05, 0.1) is 4.90 Å². The Morgan fingerprint density at radius 1 is 1.33 bits per heavy atom. The van der Waals surface area contributed by atoms with Crippen LogP contribution < -0.4 is 0 Å². The number of benzene rings is 1. The number of halogens is 2. The smallest absolute Gasteiger partial charge is 0.207 e. The van der Waals surface area contributed by atoms with Crippen LogP contribution in [0.1, 0.15) is 23.1 Å². The molecule has 2 nitrogen and oxygen atoms in total. The van der Waals surface area contributed by atoms with Crippen molar-refractivity contribution < 1.29 is 8.42 Å². The molecule has 5 heteroatoms. The first-order chi connectivity index (χ1) is 6.91. The molecule has 1 aromatic carbocycles. The molecule has 82 valence electrons. The Hall–Kier alpha value is -0.0600. The molecular formula is C10H10BrClO2S. The molecule has 2 rings (SSSR count). The summed E-state index contributed by atoms with van der Waals surface area (Å²) in [7, 11) is 1.75. The molecule has 0 bridgehead atoms. The summed E-state index contributed by atoms with van der Waals surface area (Å²) in [6.45, 7) is 1.83. The summed E-state index contributed by atoms with van der Waals surface area (Å²) in [4.78, 5) is 0.233. The molecule has 0 N–H and O–H groups in total. The van der Waals surface area contributed by atoms with Crippen molar-refractivity contribution in [2.24, 2.45) is 0 Å². The molecule has 1 aliphatic rings. The van der Waals surface area contributed by atoms with Crippen LogP contribution in [0.15, 0.2) is 15.4 Å². The van der Waals surface area contributed by atoms with E-state index in [0.717, 1.165) is 34.9 Å². The molecule has 0 fully saturated rings. The fraction of sp³-hybridized carbons (Fsp3) is 0.400. The minimum atomic E-state index is -3.64. The Morgan fingerprint density at radius 2 is 1.93 bits per heavy atom. The van der Waals surface area contributed by atoms with Gasteiger partial charge < -0.3 is 0 Å². The van der Waals surface area contributed by atoms with Gasteiger partial charge in [0.2, 0.25) is 0 Å². The predicted molar refractivity (Wildman–Crippen MR) is 63.9 cm³/mol. The minimum absolute atomic E-state index is 0.233. The molecule has 15 heavy (non-hydrogen) atoms. The van der Waals surface area contributed by atoms with Gasteiger partial charge in [-0.25, -0.2) is 8.42 Å². The lowest BCUT2D eigenvalue weighted by molar-refractivity contribution is 0.609. The third-order valence-electron chi connectivity index (χ3n) is 2.85. The summed E-state index contributed by atoms with van der Waals surface area (Å²) in [6, 6.07) is 1.61. The van der Waals surface area contributed by atoms with Gasteiger partial charge >= 0.3 is 0 Å². The van der Waals surface area contributed by atoms with E-state index in [-0.39, 0.29) is 4.90 Å². The van der Waals surface area contributed by atoms with Crippen LogP contribution in [0.4, 0.5) is 0 Å². The number of fused-ring (bicyclic) bond motifs is 1. The standard InChI is InChI=1S/C10H10BrClO2S/c1-6-7-3-2-4-8(7)9(11)5-10(6)15(12,13)14/h5H,2-4H2,1H3. The fourth-order valence-corrected chi connectivity index (χ4v) is 4.18. The highest BCUT2D eigenvalue weighted by atomic mass is 79.9. The maximum Gasteiger partial charge on any atom is 0.261 e. The normalized spacial score (nSPS) is 15.4. The van der Waals surface area contributed by atoms with Crippen LogP contribution in [0.25, 0.3) is 0 Å². The predicted octanol–water partition coefficient (Wildman–Crippen LogP) is 3.17. The molecule has 0 aliphatic heterocycles. The van der Waals surface area contributed by atoms with E-state index in [9.17, 15) is 8.42 Å². The van der Waals surface area contributed by atoms with E-state index in [1.807, 2.05) is 6.92 Å². The van der Waals surface area contributed by atoms with Crippen molar-refractivity contribution in [2.75, 3.05) is 0 Å². The van der Waals surface area contributed by atoms with Gasteiger partial charge in [0.15, 0.2) is 0 Å². The highest BCUT2D eigenvalue weighted by molar-refractivity contribution is 9.10. The SMILES string of the molecule is Cc1c(S(=O)(=O)Cl)cc(Br)c2c1CCC2. The zero-order chi connectivity index (χ0) is 11.2. The van der Waals surface area contributed by atoms with E-state index in [1.165, 1.54) is 5.56 Å². The number of hydrogen-bond acceptors (Lipinski definition) is 2. The third kappa shape index (κ3) is 1.95. The van der Waals surface area contributed by atoms with Crippen molar-refractivity contribution in [1.82, 2.24) is 0 Å². The first-order valence-electron chi connectivity index (χ1n) is 4.67. The first-order valence-corrected chi connectivity index (χ1v) is 7.77. The Morgan fingerprint density at radius 3 is 2.53 bits per heavy atom. The molecule has 0 saturated carbocycles.